The third kappa shape index (κ3) is 4.80. The van der Waals surface area contributed by atoms with Gasteiger partial charge in [-0.25, -0.2) is 4.98 Å². The van der Waals surface area contributed by atoms with Crippen molar-refractivity contribution in [3.8, 4) is 0 Å². The lowest BCUT2D eigenvalue weighted by atomic mass is 10.2. The molecule has 0 aliphatic rings. The van der Waals surface area contributed by atoms with Crippen LogP contribution in [0.15, 0.2) is 46.8 Å². The van der Waals surface area contributed by atoms with Gasteiger partial charge in [0.1, 0.15) is 5.69 Å². The zero-order valence-electron chi connectivity index (χ0n) is 14.1. The lowest BCUT2D eigenvalue weighted by Crippen LogP contribution is -2.15. The Labute approximate surface area is 162 Å². The first kappa shape index (κ1) is 18.8. The number of hydrogen-bond donors (Lipinski definition) is 2. The van der Waals surface area contributed by atoms with Crippen molar-refractivity contribution in [2.24, 2.45) is 0 Å². The van der Waals surface area contributed by atoms with E-state index in [2.05, 4.69) is 15.6 Å². The molecular formula is C17H14N4O4S2. The van der Waals surface area contributed by atoms with Gasteiger partial charge in [-0.2, -0.15) is 0 Å². The summed E-state index contributed by atoms with van der Waals surface area (Å²) in [5.74, 6) is -0.433. The van der Waals surface area contributed by atoms with Crippen LogP contribution in [0.2, 0.25) is 0 Å². The van der Waals surface area contributed by atoms with Crippen molar-refractivity contribution in [2.75, 3.05) is 16.4 Å². The third-order valence-corrected chi connectivity index (χ3v) is 5.55. The van der Waals surface area contributed by atoms with Crippen molar-refractivity contribution in [3.63, 3.8) is 0 Å². The number of carbonyl (C=O) groups excluding carboxylic acids is 2. The highest BCUT2D eigenvalue weighted by Crippen LogP contribution is 2.31. The molecule has 3 aromatic rings. The van der Waals surface area contributed by atoms with Gasteiger partial charge in [0.2, 0.25) is 11.8 Å². The Balaban J connectivity index is 1.65. The first-order chi connectivity index (χ1) is 12.9. The van der Waals surface area contributed by atoms with Crippen LogP contribution in [0.1, 0.15) is 6.92 Å². The molecule has 138 valence electrons. The SMILES string of the molecule is CC(=O)Nc1ccc2nc(SCC(=O)Nc3ccccc3[N+](=O)[O-])sc2c1. The van der Waals surface area contributed by atoms with E-state index in [1.165, 1.54) is 42.2 Å². The maximum Gasteiger partial charge on any atom is 0.292 e. The summed E-state index contributed by atoms with van der Waals surface area (Å²) < 4.78 is 1.59. The van der Waals surface area contributed by atoms with E-state index in [1.54, 1.807) is 24.3 Å². The van der Waals surface area contributed by atoms with Gasteiger partial charge in [-0.1, -0.05) is 23.9 Å². The molecule has 0 fully saturated rings. The third-order valence-electron chi connectivity index (χ3n) is 3.39. The van der Waals surface area contributed by atoms with E-state index in [4.69, 9.17) is 0 Å². The summed E-state index contributed by atoms with van der Waals surface area (Å²) in [7, 11) is 0. The minimum absolute atomic E-state index is 0.0738. The number of nitrogens with zero attached hydrogens (tertiary/aromatic N) is 2. The zero-order chi connectivity index (χ0) is 19.4. The van der Waals surface area contributed by atoms with E-state index in [0.29, 0.717) is 10.0 Å². The number of anilines is 2. The molecule has 0 saturated carbocycles. The average Bonchev–Trinajstić information content (AvgIpc) is 3.02. The first-order valence-corrected chi connectivity index (χ1v) is 9.57. The number of para-hydroxylation sites is 2. The number of aromatic nitrogens is 1. The number of benzene rings is 2. The summed E-state index contributed by atoms with van der Waals surface area (Å²) in [6, 6.07) is 11.4. The summed E-state index contributed by atoms with van der Waals surface area (Å²) >= 11 is 2.65. The maximum absolute atomic E-state index is 12.1. The highest BCUT2D eigenvalue weighted by molar-refractivity contribution is 8.01. The molecule has 0 bridgehead atoms. The van der Waals surface area contributed by atoms with Crippen molar-refractivity contribution in [2.45, 2.75) is 11.3 Å². The van der Waals surface area contributed by atoms with E-state index < -0.39 is 4.92 Å². The topological polar surface area (TPSA) is 114 Å². The van der Waals surface area contributed by atoms with Crippen LogP contribution in [0.25, 0.3) is 10.2 Å². The van der Waals surface area contributed by atoms with E-state index in [1.807, 2.05) is 6.07 Å². The molecule has 2 N–H and O–H groups in total. The van der Waals surface area contributed by atoms with Crippen molar-refractivity contribution < 1.29 is 14.5 Å². The molecule has 3 rings (SSSR count). The molecule has 0 unspecified atom stereocenters. The monoisotopic (exact) mass is 402 g/mol. The normalized spacial score (nSPS) is 10.6. The highest BCUT2D eigenvalue weighted by Gasteiger charge is 2.15. The van der Waals surface area contributed by atoms with Crippen LogP contribution in [0.3, 0.4) is 0 Å². The van der Waals surface area contributed by atoms with Gasteiger partial charge < -0.3 is 10.6 Å². The number of nitro benzene ring substituents is 1. The Morgan fingerprint density at radius 2 is 2.00 bits per heavy atom. The van der Waals surface area contributed by atoms with Gasteiger partial charge in [-0.3, -0.25) is 19.7 Å². The fourth-order valence-electron chi connectivity index (χ4n) is 2.30. The lowest BCUT2D eigenvalue weighted by Gasteiger charge is -2.04. The predicted molar refractivity (Wildman–Crippen MR) is 106 cm³/mol. The van der Waals surface area contributed by atoms with Crippen LogP contribution in [0.5, 0.6) is 0 Å². The van der Waals surface area contributed by atoms with Crippen molar-refractivity contribution in [1.82, 2.24) is 4.98 Å². The standard InChI is InChI=1S/C17H14N4O4S2/c1-10(22)18-11-6-7-13-15(8-11)27-17(20-13)26-9-16(23)19-12-4-2-3-5-14(12)21(24)25/h2-8H,9H2,1H3,(H,18,22)(H,19,23). The molecular weight excluding hydrogens is 388 g/mol. The van der Waals surface area contributed by atoms with Gasteiger partial charge in [0, 0.05) is 18.7 Å². The second kappa shape index (κ2) is 8.14. The number of carbonyl (C=O) groups is 2. The highest BCUT2D eigenvalue weighted by atomic mass is 32.2. The Morgan fingerprint density at radius 3 is 2.74 bits per heavy atom. The van der Waals surface area contributed by atoms with E-state index in [9.17, 15) is 19.7 Å². The van der Waals surface area contributed by atoms with Crippen LogP contribution in [-0.2, 0) is 9.59 Å². The van der Waals surface area contributed by atoms with Crippen LogP contribution in [0, 0.1) is 10.1 Å². The Hall–Kier alpha value is -2.98. The Bertz CT molecular complexity index is 1030. The molecule has 2 amide bonds. The smallest absolute Gasteiger partial charge is 0.292 e. The zero-order valence-corrected chi connectivity index (χ0v) is 15.7. The second-order valence-electron chi connectivity index (χ2n) is 5.45. The van der Waals surface area contributed by atoms with E-state index in [0.717, 1.165) is 10.2 Å². The summed E-state index contributed by atoms with van der Waals surface area (Å²) in [6.45, 7) is 1.44. The number of amides is 2. The first-order valence-electron chi connectivity index (χ1n) is 7.76. The largest absolute Gasteiger partial charge is 0.326 e. The van der Waals surface area contributed by atoms with Crippen molar-refractivity contribution in [3.05, 3.63) is 52.6 Å². The average molecular weight is 402 g/mol. The van der Waals surface area contributed by atoms with E-state index in [-0.39, 0.29) is 28.9 Å². The summed E-state index contributed by atoms with van der Waals surface area (Å²) in [4.78, 5) is 38.2. The van der Waals surface area contributed by atoms with Crippen LogP contribution < -0.4 is 10.6 Å². The maximum atomic E-state index is 12.1. The molecule has 8 nitrogen and oxygen atoms in total. The van der Waals surface area contributed by atoms with E-state index >= 15 is 0 Å². The quantitative estimate of drug-likeness (QED) is 0.367. The van der Waals surface area contributed by atoms with Crippen LogP contribution >= 0.6 is 23.1 Å². The number of thiazole rings is 1. The number of fused-ring (bicyclic) bond motifs is 1. The molecule has 0 atom stereocenters. The predicted octanol–water partition coefficient (Wildman–Crippen LogP) is 3.89. The number of thioether (sulfide) groups is 1. The van der Waals surface area contributed by atoms with Gasteiger partial charge in [-0.15, -0.1) is 11.3 Å². The molecule has 0 aliphatic heterocycles. The molecule has 10 heteroatoms. The van der Waals surface area contributed by atoms with Crippen LogP contribution in [0.4, 0.5) is 17.1 Å². The Morgan fingerprint density at radius 1 is 1.22 bits per heavy atom. The van der Waals surface area contributed by atoms with Gasteiger partial charge in [0.15, 0.2) is 4.34 Å². The molecule has 0 aliphatic carbocycles. The molecule has 2 aromatic carbocycles. The molecule has 0 spiro atoms. The van der Waals surface area contributed by atoms with Gasteiger partial charge >= 0.3 is 0 Å². The second-order valence-corrected chi connectivity index (χ2v) is 7.71. The fourth-order valence-corrected chi connectivity index (χ4v) is 4.21. The van der Waals surface area contributed by atoms with Gasteiger partial charge in [0.05, 0.1) is 20.9 Å². The van der Waals surface area contributed by atoms with Gasteiger partial charge in [0.25, 0.3) is 5.69 Å². The van der Waals surface area contributed by atoms with Crippen LogP contribution in [-0.4, -0.2) is 27.5 Å². The summed E-state index contributed by atoms with van der Waals surface area (Å²) in [6.07, 6.45) is 0. The van der Waals surface area contributed by atoms with Crippen molar-refractivity contribution >= 4 is 62.2 Å². The molecule has 27 heavy (non-hydrogen) atoms. The number of nitro groups is 1. The number of nitrogens with one attached hydrogen (secondary N) is 2. The number of hydrogen-bond acceptors (Lipinski definition) is 7. The summed E-state index contributed by atoms with van der Waals surface area (Å²) in [5, 5.41) is 16.3. The van der Waals surface area contributed by atoms with Crippen molar-refractivity contribution in [1.29, 1.82) is 0 Å². The lowest BCUT2D eigenvalue weighted by molar-refractivity contribution is -0.383. The molecule has 1 aromatic heterocycles. The Kier molecular flexibility index (Phi) is 5.67. The summed E-state index contributed by atoms with van der Waals surface area (Å²) in [5.41, 5.74) is 1.47. The minimum atomic E-state index is -0.539. The molecule has 0 saturated heterocycles. The van der Waals surface area contributed by atoms with Gasteiger partial charge in [-0.05, 0) is 24.3 Å². The molecule has 0 radical (unpaired) electrons. The fraction of sp³-hybridized carbons (Fsp3) is 0.118. The minimum Gasteiger partial charge on any atom is -0.326 e. The molecule has 1 heterocycles. The number of rotatable bonds is 6.